The van der Waals surface area contributed by atoms with Gasteiger partial charge in [0.15, 0.2) is 0 Å². The van der Waals surface area contributed by atoms with Gasteiger partial charge >= 0.3 is 0 Å². The molecule has 3 fully saturated rings. The van der Waals surface area contributed by atoms with E-state index >= 15 is 0 Å². The molecule has 1 heterocycles. The molecule has 0 aromatic rings. The number of rotatable bonds is 0. The molecule has 0 aromatic heterocycles. The Hall–Kier alpha value is -0.160. The molecular formula is C16H28O4. The monoisotopic (exact) mass is 284 g/mol. The lowest BCUT2D eigenvalue weighted by Crippen LogP contribution is -2.59. The average molecular weight is 284 g/mol. The molecular weight excluding hydrogens is 256 g/mol. The first-order chi connectivity index (χ1) is 9.49. The minimum atomic E-state index is -0.705. The fourth-order valence-corrected chi connectivity index (χ4v) is 3.94. The third kappa shape index (κ3) is 2.21. The number of hydrogen-bond donors (Lipinski definition) is 0. The quantitative estimate of drug-likeness (QED) is 0.625. The molecule has 1 saturated heterocycles. The van der Waals surface area contributed by atoms with E-state index in [0.29, 0.717) is 11.8 Å². The molecule has 1 aliphatic heterocycles. The fourth-order valence-electron chi connectivity index (χ4n) is 3.94. The Balaban J connectivity index is 1.72. The lowest BCUT2D eigenvalue weighted by molar-refractivity contribution is -0.676. The average Bonchev–Trinajstić information content (AvgIpc) is 2.45. The van der Waals surface area contributed by atoms with Gasteiger partial charge in [-0.05, 0) is 24.7 Å². The van der Waals surface area contributed by atoms with Gasteiger partial charge in [-0.1, -0.05) is 40.5 Å². The molecule has 2 spiro atoms. The number of hydrogen-bond acceptors (Lipinski definition) is 4. The van der Waals surface area contributed by atoms with Crippen molar-refractivity contribution in [3.05, 3.63) is 0 Å². The standard InChI is InChI=1S/C16H28O4/c1-11-7-5-9-15(13(11)3)17-19-16(20-18-15)10-6-8-12(2)14(16)4/h11-14H,5-10H2,1-4H3/t11-,12+,13+,14-,15?,16?. The molecule has 4 heteroatoms. The summed E-state index contributed by atoms with van der Waals surface area (Å²) in [5.74, 6) is 0.280. The third-order valence-electron chi connectivity index (χ3n) is 6.11. The highest BCUT2D eigenvalue weighted by molar-refractivity contribution is 4.88. The molecule has 4 nitrogen and oxygen atoms in total. The van der Waals surface area contributed by atoms with E-state index in [0.717, 1.165) is 25.7 Å². The van der Waals surface area contributed by atoms with Crippen molar-refractivity contribution in [3.8, 4) is 0 Å². The molecule has 2 saturated carbocycles. The predicted molar refractivity (Wildman–Crippen MR) is 74.2 cm³/mol. The first-order valence-corrected chi connectivity index (χ1v) is 8.23. The molecule has 0 bridgehead atoms. The summed E-state index contributed by atoms with van der Waals surface area (Å²) < 4.78 is 0. The molecule has 3 rings (SSSR count). The van der Waals surface area contributed by atoms with Crippen LogP contribution in [0.5, 0.6) is 0 Å². The van der Waals surface area contributed by atoms with E-state index in [1.54, 1.807) is 0 Å². The van der Waals surface area contributed by atoms with Gasteiger partial charge in [0.05, 0.1) is 0 Å². The van der Waals surface area contributed by atoms with Crippen molar-refractivity contribution in [2.45, 2.75) is 77.8 Å². The van der Waals surface area contributed by atoms with Crippen LogP contribution in [0.2, 0.25) is 0 Å². The summed E-state index contributed by atoms with van der Waals surface area (Å²) in [5, 5.41) is 0. The molecule has 0 amide bonds. The van der Waals surface area contributed by atoms with Crippen molar-refractivity contribution in [3.63, 3.8) is 0 Å². The van der Waals surface area contributed by atoms with E-state index in [9.17, 15) is 0 Å². The summed E-state index contributed by atoms with van der Waals surface area (Å²) in [5.41, 5.74) is 0. The predicted octanol–water partition coefficient (Wildman–Crippen LogP) is 4.20. The third-order valence-corrected chi connectivity index (χ3v) is 6.11. The van der Waals surface area contributed by atoms with Gasteiger partial charge in [0, 0.05) is 24.7 Å². The summed E-state index contributed by atoms with van der Waals surface area (Å²) in [6.45, 7) is 8.82. The molecule has 0 radical (unpaired) electrons. The van der Waals surface area contributed by atoms with Gasteiger partial charge in [-0.25, -0.2) is 0 Å². The highest BCUT2D eigenvalue weighted by Crippen LogP contribution is 2.50. The van der Waals surface area contributed by atoms with Crippen molar-refractivity contribution >= 4 is 0 Å². The highest BCUT2D eigenvalue weighted by atomic mass is 17.4. The second-order valence-electron chi connectivity index (χ2n) is 7.27. The van der Waals surface area contributed by atoms with Crippen LogP contribution >= 0.6 is 0 Å². The van der Waals surface area contributed by atoms with E-state index < -0.39 is 11.6 Å². The Morgan fingerprint density at radius 1 is 0.650 bits per heavy atom. The van der Waals surface area contributed by atoms with Crippen LogP contribution < -0.4 is 0 Å². The van der Waals surface area contributed by atoms with Gasteiger partial charge < -0.3 is 0 Å². The van der Waals surface area contributed by atoms with Crippen LogP contribution in [0.1, 0.15) is 66.2 Å². The summed E-state index contributed by atoms with van der Waals surface area (Å²) in [6, 6.07) is 0. The van der Waals surface area contributed by atoms with Crippen LogP contribution in [0.4, 0.5) is 0 Å². The van der Waals surface area contributed by atoms with E-state index in [1.807, 2.05) is 0 Å². The van der Waals surface area contributed by atoms with E-state index in [1.165, 1.54) is 12.8 Å². The maximum absolute atomic E-state index is 5.85. The van der Waals surface area contributed by atoms with Gasteiger partial charge in [-0.3, -0.25) is 0 Å². The van der Waals surface area contributed by atoms with Crippen LogP contribution in [-0.4, -0.2) is 11.6 Å². The lowest BCUT2D eigenvalue weighted by Gasteiger charge is -2.52. The minimum Gasteiger partial charge on any atom is -0.195 e. The summed E-state index contributed by atoms with van der Waals surface area (Å²) >= 11 is 0. The van der Waals surface area contributed by atoms with Gasteiger partial charge in [0.25, 0.3) is 0 Å². The first kappa shape index (κ1) is 14.8. The normalized spacial score (nSPS) is 53.4. The van der Waals surface area contributed by atoms with Crippen LogP contribution in [0, 0.1) is 23.7 Å². The Labute approximate surface area is 122 Å². The second-order valence-corrected chi connectivity index (χ2v) is 7.27. The Morgan fingerprint density at radius 2 is 1.00 bits per heavy atom. The molecule has 0 unspecified atom stereocenters. The first-order valence-electron chi connectivity index (χ1n) is 8.23. The van der Waals surface area contributed by atoms with Gasteiger partial charge in [0.1, 0.15) is 0 Å². The molecule has 0 N–H and O–H groups in total. The van der Waals surface area contributed by atoms with Crippen LogP contribution in [0.3, 0.4) is 0 Å². The lowest BCUT2D eigenvalue weighted by atomic mass is 9.76. The smallest absolute Gasteiger partial charge is 0.195 e. The molecule has 0 aromatic carbocycles. The SMILES string of the molecule is C[C@@H]1CCCC2(OOC3(CCC[C@H](C)[C@H]3C)OO2)[C@H]1C. The molecule has 2 aliphatic carbocycles. The van der Waals surface area contributed by atoms with Crippen LogP contribution in [0.15, 0.2) is 0 Å². The maximum atomic E-state index is 5.85. The van der Waals surface area contributed by atoms with Crippen molar-refractivity contribution in [2.24, 2.45) is 23.7 Å². The minimum absolute atomic E-state index is 0.282. The summed E-state index contributed by atoms with van der Waals surface area (Å²) in [4.78, 5) is 23.4. The largest absolute Gasteiger partial charge is 0.237 e. The Bertz CT molecular complexity index is 314. The van der Waals surface area contributed by atoms with E-state index in [4.69, 9.17) is 19.6 Å². The van der Waals surface area contributed by atoms with E-state index in [2.05, 4.69) is 27.7 Å². The Morgan fingerprint density at radius 3 is 1.35 bits per heavy atom. The molecule has 20 heavy (non-hydrogen) atoms. The van der Waals surface area contributed by atoms with E-state index in [-0.39, 0.29) is 11.8 Å². The zero-order chi connectivity index (χ0) is 14.4. The highest BCUT2D eigenvalue weighted by Gasteiger charge is 2.57. The Kier molecular flexibility index (Phi) is 3.87. The van der Waals surface area contributed by atoms with Gasteiger partial charge in [-0.2, -0.15) is 19.6 Å². The van der Waals surface area contributed by atoms with Gasteiger partial charge in [0.2, 0.25) is 11.6 Å². The molecule has 116 valence electrons. The van der Waals surface area contributed by atoms with Crippen molar-refractivity contribution < 1.29 is 19.6 Å². The maximum Gasteiger partial charge on any atom is 0.237 e. The second kappa shape index (κ2) is 5.24. The summed E-state index contributed by atoms with van der Waals surface area (Å²) in [6.07, 6.45) is 6.31. The zero-order valence-electron chi connectivity index (χ0n) is 13.2. The van der Waals surface area contributed by atoms with Crippen molar-refractivity contribution in [1.82, 2.24) is 0 Å². The fraction of sp³-hybridized carbons (Fsp3) is 1.00. The van der Waals surface area contributed by atoms with Crippen LogP contribution in [-0.2, 0) is 19.6 Å². The molecule has 3 aliphatic rings. The zero-order valence-corrected chi connectivity index (χ0v) is 13.2. The van der Waals surface area contributed by atoms with Crippen LogP contribution in [0.25, 0.3) is 0 Å². The topological polar surface area (TPSA) is 36.9 Å². The van der Waals surface area contributed by atoms with Crippen molar-refractivity contribution in [1.29, 1.82) is 0 Å². The van der Waals surface area contributed by atoms with Gasteiger partial charge in [-0.15, -0.1) is 0 Å². The summed E-state index contributed by atoms with van der Waals surface area (Å²) in [7, 11) is 0. The van der Waals surface area contributed by atoms with Crippen molar-refractivity contribution in [2.75, 3.05) is 0 Å². The molecule has 4 atom stereocenters.